The number of aryl methyl sites for hydroxylation is 1. The van der Waals surface area contributed by atoms with Crippen LogP contribution in [0.4, 0.5) is 0 Å². The molecule has 2 heterocycles. The summed E-state index contributed by atoms with van der Waals surface area (Å²) < 4.78 is 0. The molecule has 0 atom stereocenters. The third-order valence-corrected chi connectivity index (χ3v) is 3.36. The Morgan fingerprint density at radius 2 is 1.70 bits per heavy atom. The Kier molecular flexibility index (Phi) is 3.18. The van der Waals surface area contributed by atoms with Crippen LogP contribution < -0.4 is 0 Å². The lowest BCUT2D eigenvalue weighted by atomic mass is 10.1. The Labute approximate surface area is 118 Å². The third-order valence-electron chi connectivity index (χ3n) is 3.36. The van der Waals surface area contributed by atoms with Crippen molar-refractivity contribution >= 4 is 10.9 Å². The second-order valence-electron chi connectivity index (χ2n) is 5.34. The summed E-state index contributed by atoms with van der Waals surface area (Å²) in [6.07, 6.45) is 3.81. The van der Waals surface area contributed by atoms with Gasteiger partial charge in [-0.1, -0.05) is 26.0 Å². The topological polar surface area (TPSA) is 38.7 Å². The first-order valence-corrected chi connectivity index (χ1v) is 6.83. The molecule has 0 unspecified atom stereocenters. The summed E-state index contributed by atoms with van der Waals surface area (Å²) in [5, 5.41) is 1.06. The maximum absolute atomic E-state index is 4.60. The smallest absolute Gasteiger partial charge is 0.131 e. The van der Waals surface area contributed by atoms with Crippen LogP contribution in [0.5, 0.6) is 0 Å². The molecule has 1 aromatic carbocycles. The number of hydrogen-bond donors (Lipinski definition) is 0. The predicted octanol–water partition coefficient (Wildman–Crippen LogP) is 4.12. The molecule has 0 saturated heterocycles. The van der Waals surface area contributed by atoms with Crippen molar-refractivity contribution in [2.75, 3.05) is 0 Å². The van der Waals surface area contributed by atoms with Gasteiger partial charge in [-0.05, 0) is 30.7 Å². The van der Waals surface area contributed by atoms with Crippen molar-refractivity contribution in [3.63, 3.8) is 0 Å². The normalized spacial score (nSPS) is 11.2. The van der Waals surface area contributed by atoms with Crippen LogP contribution >= 0.6 is 0 Å². The maximum Gasteiger partial charge on any atom is 0.131 e. The minimum Gasteiger partial charge on any atom is -0.261 e. The Balaban J connectivity index is 2.07. The van der Waals surface area contributed by atoms with Gasteiger partial charge < -0.3 is 0 Å². The van der Waals surface area contributed by atoms with E-state index in [-0.39, 0.29) is 0 Å². The predicted molar refractivity (Wildman–Crippen MR) is 81.6 cm³/mol. The first-order chi connectivity index (χ1) is 9.63. The fraction of sp³-hybridized carbons (Fsp3) is 0.235. The van der Waals surface area contributed by atoms with Crippen molar-refractivity contribution < 1.29 is 0 Å². The Hall–Kier alpha value is -2.29. The van der Waals surface area contributed by atoms with Crippen molar-refractivity contribution in [1.29, 1.82) is 0 Å². The molecule has 0 bridgehead atoms. The fourth-order valence-electron chi connectivity index (χ4n) is 2.14. The van der Waals surface area contributed by atoms with E-state index in [2.05, 4.69) is 53.1 Å². The summed E-state index contributed by atoms with van der Waals surface area (Å²) >= 11 is 0. The number of rotatable bonds is 2. The molecule has 0 radical (unpaired) electrons. The average Bonchev–Trinajstić information content (AvgIpc) is 2.47. The van der Waals surface area contributed by atoms with E-state index < -0.39 is 0 Å². The van der Waals surface area contributed by atoms with E-state index in [9.17, 15) is 0 Å². The highest BCUT2D eigenvalue weighted by Gasteiger charge is 2.05. The molecule has 3 rings (SSSR count). The van der Waals surface area contributed by atoms with E-state index in [0.29, 0.717) is 5.92 Å². The average molecular weight is 263 g/mol. The quantitative estimate of drug-likeness (QED) is 0.698. The van der Waals surface area contributed by atoms with Crippen molar-refractivity contribution in [3.8, 4) is 11.1 Å². The Morgan fingerprint density at radius 1 is 0.900 bits per heavy atom. The molecule has 3 heteroatoms. The van der Waals surface area contributed by atoms with Crippen LogP contribution in [-0.2, 0) is 0 Å². The van der Waals surface area contributed by atoms with Gasteiger partial charge in [-0.15, -0.1) is 0 Å². The SMILES string of the molecule is Cc1ccc(-c2ccc3nc(C(C)C)ncc3c2)cn1. The molecule has 0 saturated carbocycles. The van der Waals surface area contributed by atoms with Crippen LogP contribution in [0, 0.1) is 6.92 Å². The van der Waals surface area contributed by atoms with E-state index in [1.807, 2.05) is 25.4 Å². The first kappa shape index (κ1) is 12.7. The number of pyridine rings is 1. The maximum atomic E-state index is 4.60. The van der Waals surface area contributed by atoms with Crippen LogP contribution in [-0.4, -0.2) is 15.0 Å². The summed E-state index contributed by atoms with van der Waals surface area (Å²) in [6, 6.07) is 10.4. The molecule has 0 N–H and O–H groups in total. The molecule has 3 nitrogen and oxygen atoms in total. The number of aromatic nitrogens is 3. The van der Waals surface area contributed by atoms with Gasteiger partial charge in [0.15, 0.2) is 0 Å². The lowest BCUT2D eigenvalue weighted by Crippen LogP contribution is -1.97. The monoisotopic (exact) mass is 263 g/mol. The number of hydrogen-bond acceptors (Lipinski definition) is 3. The van der Waals surface area contributed by atoms with Crippen LogP contribution in [0.15, 0.2) is 42.7 Å². The zero-order chi connectivity index (χ0) is 14.1. The standard InChI is InChI=1S/C17H17N3/c1-11(2)17-19-10-15-8-13(6-7-16(15)20-17)14-5-4-12(3)18-9-14/h4-11H,1-3H3. The number of nitrogens with zero attached hydrogens (tertiary/aromatic N) is 3. The van der Waals surface area contributed by atoms with E-state index in [0.717, 1.165) is 33.5 Å². The summed E-state index contributed by atoms with van der Waals surface area (Å²) in [4.78, 5) is 13.4. The van der Waals surface area contributed by atoms with Crippen LogP contribution in [0.2, 0.25) is 0 Å². The fourth-order valence-corrected chi connectivity index (χ4v) is 2.14. The van der Waals surface area contributed by atoms with Gasteiger partial charge in [0.25, 0.3) is 0 Å². The Bertz CT molecular complexity index is 746. The highest BCUT2D eigenvalue weighted by Crippen LogP contribution is 2.23. The zero-order valence-corrected chi connectivity index (χ0v) is 12.0. The van der Waals surface area contributed by atoms with E-state index >= 15 is 0 Å². The highest BCUT2D eigenvalue weighted by molar-refractivity contribution is 5.83. The van der Waals surface area contributed by atoms with E-state index in [4.69, 9.17) is 0 Å². The lowest BCUT2D eigenvalue weighted by molar-refractivity contribution is 0.783. The van der Waals surface area contributed by atoms with Crippen molar-refractivity contribution in [1.82, 2.24) is 15.0 Å². The number of benzene rings is 1. The van der Waals surface area contributed by atoms with Crippen LogP contribution in [0.3, 0.4) is 0 Å². The summed E-state index contributed by atoms with van der Waals surface area (Å²) in [7, 11) is 0. The molecule has 0 spiro atoms. The van der Waals surface area contributed by atoms with Gasteiger partial charge in [0, 0.05) is 35.0 Å². The largest absolute Gasteiger partial charge is 0.261 e. The molecule has 0 amide bonds. The van der Waals surface area contributed by atoms with E-state index in [1.165, 1.54) is 0 Å². The molecule has 0 aliphatic rings. The summed E-state index contributed by atoms with van der Waals surface area (Å²) in [5.74, 6) is 1.24. The van der Waals surface area contributed by atoms with Gasteiger partial charge in [0.2, 0.25) is 0 Å². The molecule has 3 aromatic rings. The molecule has 0 fully saturated rings. The zero-order valence-electron chi connectivity index (χ0n) is 12.0. The van der Waals surface area contributed by atoms with Gasteiger partial charge in [-0.2, -0.15) is 0 Å². The minimum absolute atomic E-state index is 0.348. The Morgan fingerprint density at radius 3 is 2.40 bits per heavy atom. The second-order valence-corrected chi connectivity index (χ2v) is 5.34. The van der Waals surface area contributed by atoms with Gasteiger partial charge in [-0.25, -0.2) is 9.97 Å². The van der Waals surface area contributed by atoms with Gasteiger partial charge in [0.1, 0.15) is 5.82 Å². The van der Waals surface area contributed by atoms with Gasteiger partial charge in [-0.3, -0.25) is 4.98 Å². The molecular formula is C17H17N3. The number of fused-ring (bicyclic) bond motifs is 1. The third kappa shape index (κ3) is 2.39. The minimum atomic E-state index is 0.348. The molecule has 0 aliphatic carbocycles. The van der Waals surface area contributed by atoms with Crippen LogP contribution in [0.1, 0.15) is 31.3 Å². The lowest BCUT2D eigenvalue weighted by Gasteiger charge is -2.07. The van der Waals surface area contributed by atoms with Crippen molar-refractivity contribution in [3.05, 3.63) is 54.2 Å². The first-order valence-electron chi connectivity index (χ1n) is 6.83. The summed E-state index contributed by atoms with van der Waals surface area (Å²) in [6.45, 7) is 6.20. The van der Waals surface area contributed by atoms with Gasteiger partial charge in [0.05, 0.1) is 5.52 Å². The molecule has 20 heavy (non-hydrogen) atoms. The van der Waals surface area contributed by atoms with Gasteiger partial charge >= 0.3 is 0 Å². The highest BCUT2D eigenvalue weighted by atomic mass is 14.9. The molecule has 100 valence electrons. The summed E-state index contributed by atoms with van der Waals surface area (Å²) in [5.41, 5.74) is 4.28. The van der Waals surface area contributed by atoms with Crippen molar-refractivity contribution in [2.45, 2.75) is 26.7 Å². The van der Waals surface area contributed by atoms with Crippen LogP contribution in [0.25, 0.3) is 22.0 Å². The molecular weight excluding hydrogens is 246 g/mol. The molecule has 0 aliphatic heterocycles. The molecule has 2 aromatic heterocycles. The van der Waals surface area contributed by atoms with Crippen molar-refractivity contribution in [2.24, 2.45) is 0 Å². The van der Waals surface area contributed by atoms with E-state index in [1.54, 1.807) is 0 Å². The second kappa shape index (κ2) is 5.00.